The number of hydrogen-bond acceptors (Lipinski definition) is 2. The first-order valence-corrected chi connectivity index (χ1v) is 6.69. The summed E-state index contributed by atoms with van der Waals surface area (Å²) in [6.45, 7) is 2.72. The molecule has 6 heteroatoms. The van der Waals surface area contributed by atoms with E-state index in [4.69, 9.17) is 27.9 Å². The van der Waals surface area contributed by atoms with Crippen LogP contribution in [0.5, 0.6) is 0 Å². The van der Waals surface area contributed by atoms with Gasteiger partial charge < -0.3 is 14.6 Å². The molecule has 1 aromatic rings. The highest BCUT2D eigenvalue weighted by atomic mass is 35.5. The molecule has 0 saturated carbocycles. The van der Waals surface area contributed by atoms with Crippen molar-refractivity contribution in [2.45, 2.75) is 31.9 Å². The molecule has 0 spiro atoms. The molecular formula is C12H16Cl2N2O2. The van der Waals surface area contributed by atoms with E-state index in [1.165, 1.54) is 0 Å². The summed E-state index contributed by atoms with van der Waals surface area (Å²) in [7, 11) is 1.71. The zero-order valence-corrected chi connectivity index (χ0v) is 11.9. The Morgan fingerprint density at radius 2 is 2.33 bits per heavy atom. The fourth-order valence-corrected chi connectivity index (χ4v) is 2.51. The van der Waals surface area contributed by atoms with Crippen molar-refractivity contribution >= 4 is 29.1 Å². The van der Waals surface area contributed by atoms with Crippen molar-refractivity contribution in [2.75, 3.05) is 6.61 Å². The lowest BCUT2D eigenvalue weighted by Crippen LogP contribution is -2.41. The number of carbonyl (C=O) groups excluding carboxylic acids is 1. The maximum Gasteiger partial charge on any atom is 0.268 e. The first-order chi connectivity index (χ1) is 8.50. The number of ether oxygens (including phenoxy) is 1. The summed E-state index contributed by atoms with van der Waals surface area (Å²) >= 11 is 11.8. The van der Waals surface area contributed by atoms with E-state index in [-0.39, 0.29) is 18.1 Å². The van der Waals surface area contributed by atoms with Gasteiger partial charge in [0.1, 0.15) is 10.8 Å². The molecule has 0 radical (unpaired) electrons. The third kappa shape index (κ3) is 2.66. The Morgan fingerprint density at radius 3 is 2.83 bits per heavy atom. The second kappa shape index (κ2) is 5.51. The number of amides is 1. The maximum atomic E-state index is 12.1. The molecule has 1 aromatic heterocycles. The number of aromatic nitrogens is 1. The number of rotatable bonds is 3. The third-order valence-electron chi connectivity index (χ3n) is 3.23. The Labute approximate surface area is 116 Å². The van der Waals surface area contributed by atoms with Crippen LogP contribution < -0.4 is 5.32 Å². The van der Waals surface area contributed by atoms with Crippen LogP contribution in [0.3, 0.4) is 0 Å². The van der Waals surface area contributed by atoms with Gasteiger partial charge in [0, 0.05) is 13.7 Å². The molecule has 100 valence electrons. The molecule has 4 nitrogen and oxygen atoms in total. The Hall–Kier alpha value is -0.710. The van der Waals surface area contributed by atoms with Crippen LogP contribution in [-0.2, 0) is 11.8 Å². The molecule has 0 bridgehead atoms. The van der Waals surface area contributed by atoms with E-state index in [0.717, 1.165) is 19.4 Å². The minimum absolute atomic E-state index is 0.0209. The molecule has 1 saturated heterocycles. The van der Waals surface area contributed by atoms with Crippen LogP contribution >= 0.6 is 23.2 Å². The van der Waals surface area contributed by atoms with Gasteiger partial charge in [-0.3, -0.25) is 4.79 Å². The lowest BCUT2D eigenvalue weighted by Gasteiger charge is -2.20. The average molecular weight is 291 g/mol. The van der Waals surface area contributed by atoms with Gasteiger partial charge in [-0.1, -0.05) is 23.2 Å². The van der Waals surface area contributed by atoms with Gasteiger partial charge in [0.05, 0.1) is 17.2 Å². The van der Waals surface area contributed by atoms with Gasteiger partial charge in [0.2, 0.25) is 0 Å². The van der Waals surface area contributed by atoms with E-state index in [2.05, 4.69) is 5.32 Å². The first kappa shape index (κ1) is 13.7. The zero-order valence-electron chi connectivity index (χ0n) is 10.4. The molecule has 2 rings (SSSR count). The quantitative estimate of drug-likeness (QED) is 0.930. The highest BCUT2D eigenvalue weighted by Gasteiger charge is 2.25. The molecule has 0 unspecified atom stereocenters. The predicted molar refractivity (Wildman–Crippen MR) is 71.3 cm³/mol. The minimum atomic E-state index is -0.186. The number of nitrogens with zero attached hydrogens (tertiary/aromatic N) is 1. The Bertz CT molecular complexity index is 453. The summed E-state index contributed by atoms with van der Waals surface area (Å²) in [5.74, 6) is -0.186. The van der Waals surface area contributed by atoms with Crippen LogP contribution in [-0.4, -0.2) is 29.2 Å². The average Bonchev–Trinajstić information content (AvgIpc) is 2.94. The van der Waals surface area contributed by atoms with Gasteiger partial charge in [-0.15, -0.1) is 0 Å². The highest BCUT2D eigenvalue weighted by molar-refractivity contribution is 6.41. The van der Waals surface area contributed by atoms with Crippen molar-refractivity contribution in [2.24, 2.45) is 7.05 Å². The summed E-state index contributed by atoms with van der Waals surface area (Å²) in [6.07, 6.45) is 2.13. The second-order valence-corrected chi connectivity index (χ2v) is 5.31. The van der Waals surface area contributed by atoms with E-state index in [9.17, 15) is 4.79 Å². The summed E-state index contributed by atoms with van der Waals surface area (Å²) in [5.41, 5.74) is 0.454. The minimum Gasteiger partial charge on any atom is -0.376 e. The normalized spacial score (nSPS) is 21.0. The van der Waals surface area contributed by atoms with Crippen LogP contribution in [0.25, 0.3) is 0 Å². The number of carbonyl (C=O) groups is 1. The zero-order chi connectivity index (χ0) is 13.3. The van der Waals surface area contributed by atoms with Crippen LogP contribution in [0.2, 0.25) is 10.2 Å². The number of hydrogen-bond donors (Lipinski definition) is 1. The van der Waals surface area contributed by atoms with Gasteiger partial charge in [-0.25, -0.2) is 0 Å². The molecule has 1 amide bonds. The first-order valence-electron chi connectivity index (χ1n) is 5.94. The summed E-state index contributed by atoms with van der Waals surface area (Å²) in [5, 5.41) is 3.67. The topological polar surface area (TPSA) is 43.3 Å². The van der Waals surface area contributed by atoms with E-state index in [1.807, 2.05) is 6.92 Å². The fourth-order valence-electron chi connectivity index (χ4n) is 2.13. The summed E-state index contributed by atoms with van der Waals surface area (Å²) in [4.78, 5) is 12.1. The molecule has 0 aliphatic carbocycles. The van der Waals surface area contributed by atoms with Gasteiger partial charge in [-0.05, 0) is 25.8 Å². The Kier molecular flexibility index (Phi) is 4.20. The van der Waals surface area contributed by atoms with Crippen molar-refractivity contribution in [1.82, 2.24) is 9.88 Å². The molecule has 1 fully saturated rings. The standard InChI is InChI=1S/C12H16Cl2N2O2/c1-7(10-4-3-5-18-10)15-12(17)9-6-8(13)11(14)16(9)2/h6-7,10H,3-5H2,1-2H3,(H,15,17)/t7-,10+/m0/s1. The van der Waals surface area contributed by atoms with E-state index in [0.29, 0.717) is 15.9 Å². The van der Waals surface area contributed by atoms with E-state index >= 15 is 0 Å². The highest BCUT2D eigenvalue weighted by Crippen LogP contribution is 2.25. The largest absolute Gasteiger partial charge is 0.376 e. The van der Waals surface area contributed by atoms with Gasteiger partial charge in [0.25, 0.3) is 5.91 Å². The second-order valence-electron chi connectivity index (χ2n) is 4.54. The van der Waals surface area contributed by atoms with E-state index in [1.54, 1.807) is 17.7 Å². The molecule has 2 atom stereocenters. The van der Waals surface area contributed by atoms with Crippen molar-refractivity contribution in [3.05, 3.63) is 21.9 Å². The SMILES string of the molecule is C[C@H](NC(=O)c1cc(Cl)c(Cl)n1C)[C@H]1CCCO1. The molecule has 1 N–H and O–H groups in total. The molecule has 18 heavy (non-hydrogen) atoms. The number of halogens is 2. The molecule has 2 heterocycles. The van der Waals surface area contributed by atoms with Gasteiger partial charge in [0.15, 0.2) is 0 Å². The molecule has 0 aromatic carbocycles. The fraction of sp³-hybridized carbons (Fsp3) is 0.583. The lowest BCUT2D eigenvalue weighted by molar-refractivity contribution is 0.0707. The Morgan fingerprint density at radius 1 is 1.61 bits per heavy atom. The number of nitrogens with one attached hydrogen (secondary N) is 1. The van der Waals surface area contributed by atoms with Crippen molar-refractivity contribution < 1.29 is 9.53 Å². The van der Waals surface area contributed by atoms with Crippen LogP contribution in [0.15, 0.2) is 6.07 Å². The lowest BCUT2D eigenvalue weighted by atomic mass is 10.1. The van der Waals surface area contributed by atoms with Crippen LogP contribution in [0.1, 0.15) is 30.3 Å². The molecule has 1 aliphatic heterocycles. The molecule has 1 aliphatic rings. The van der Waals surface area contributed by atoms with Crippen LogP contribution in [0.4, 0.5) is 0 Å². The third-order valence-corrected chi connectivity index (χ3v) is 4.07. The predicted octanol–water partition coefficient (Wildman–Crippen LogP) is 2.63. The summed E-state index contributed by atoms with van der Waals surface area (Å²) < 4.78 is 7.11. The van der Waals surface area contributed by atoms with Crippen molar-refractivity contribution in [1.29, 1.82) is 0 Å². The molecular weight excluding hydrogens is 275 g/mol. The summed E-state index contributed by atoms with van der Waals surface area (Å²) in [6, 6.07) is 1.55. The Balaban J connectivity index is 2.04. The van der Waals surface area contributed by atoms with Crippen molar-refractivity contribution in [3.8, 4) is 0 Å². The monoisotopic (exact) mass is 290 g/mol. The van der Waals surface area contributed by atoms with Gasteiger partial charge >= 0.3 is 0 Å². The van der Waals surface area contributed by atoms with E-state index < -0.39 is 0 Å². The van der Waals surface area contributed by atoms with Gasteiger partial charge in [-0.2, -0.15) is 0 Å². The van der Waals surface area contributed by atoms with Crippen LogP contribution in [0, 0.1) is 0 Å². The smallest absolute Gasteiger partial charge is 0.268 e. The maximum absolute atomic E-state index is 12.1. The van der Waals surface area contributed by atoms with Crippen molar-refractivity contribution in [3.63, 3.8) is 0 Å².